The van der Waals surface area contributed by atoms with Gasteiger partial charge in [0.1, 0.15) is 0 Å². The smallest absolute Gasteiger partial charge is 0.0626 e. The number of fused-ring (bicyclic) bond motifs is 13. The highest BCUT2D eigenvalue weighted by Crippen LogP contribution is 2.51. The maximum Gasteiger partial charge on any atom is 0.0626 e. The van der Waals surface area contributed by atoms with Crippen molar-refractivity contribution in [3.8, 4) is 39.1 Å². The molecule has 0 aliphatic heterocycles. The summed E-state index contributed by atoms with van der Waals surface area (Å²) in [5.74, 6) is 0. The van der Waals surface area contributed by atoms with Gasteiger partial charge in [0.15, 0.2) is 0 Å². The number of hydrogen-bond donors (Lipinski definition) is 0. The van der Waals surface area contributed by atoms with E-state index in [-0.39, 0.29) is 5.41 Å². The van der Waals surface area contributed by atoms with E-state index in [1.54, 1.807) is 0 Å². The molecule has 2 heteroatoms. The standard InChI is InChI=1S/C63H44N2/c1-63(2)57-27-15-13-23-50(57)51-38-37-47(39-58(51)63)64(45-33-29-42(30-34-45)41-17-5-3-6-18-41)46-35-31-43(32-36-46)55-40-56-49-22-10-12-25-53(49)62-61(60(56)52-24-11-9-21-48(52)55)54-26-14-16-28-59(54)65(62)44-19-7-4-8-20-44/h3-40H,1-2H3. The van der Waals surface area contributed by atoms with Crippen molar-refractivity contribution in [2.75, 3.05) is 4.90 Å². The first kappa shape index (κ1) is 37.4. The second kappa shape index (κ2) is 14.4. The fraction of sp³-hybridized carbons (Fsp3) is 0.0476. The molecule has 306 valence electrons. The predicted molar refractivity (Wildman–Crippen MR) is 276 cm³/mol. The van der Waals surface area contributed by atoms with Gasteiger partial charge in [0.05, 0.1) is 11.0 Å². The summed E-state index contributed by atoms with van der Waals surface area (Å²) < 4.78 is 2.47. The molecule has 11 aromatic carbocycles. The molecule has 0 amide bonds. The monoisotopic (exact) mass is 828 g/mol. The molecule has 1 aliphatic rings. The Hall–Kier alpha value is -8.20. The lowest BCUT2D eigenvalue weighted by atomic mass is 9.82. The van der Waals surface area contributed by atoms with Gasteiger partial charge in [-0.25, -0.2) is 0 Å². The number of aromatic nitrogens is 1. The molecule has 12 aromatic rings. The van der Waals surface area contributed by atoms with E-state index in [0.29, 0.717) is 0 Å². The molecule has 1 aliphatic carbocycles. The van der Waals surface area contributed by atoms with Crippen LogP contribution in [0.25, 0.3) is 93.2 Å². The van der Waals surface area contributed by atoms with E-state index in [1.165, 1.54) is 104 Å². The zero-order valence-electron chi connectivity index (χ0n) is 36.3. The Morgan fingerprint density at radius 3 is 1.62 bits per heavy atom. The molecule has 1 aromatic heterocycles. The Morgan fingerprint density at radius 2 is 0.877 bits per heavy atom. The first-order valence-corrected chi connectivity index (χ1v) is 22.7. The third-order valence-electron chi connectivity index (χ3n) is 14.2. The second-order valence-corrected chi connectivity index (χ2v) is 18.0. The lowest BCUT2D eigenvalue weighted by Gasteiger charge is -2.28. The zero-order chi connectivity index (χ0) is 43.2. The van der Waals surface area contributed by atoms with E-state index >= 15 is 0 Å². The van der Waals surface area contributed by atoms with Crippen LogP contribution in [0, 0.1) is 0 Å². The van der Waals surface area contributed by atoms with Crippen LogP contribution in [-0.4, -0.2) is 4.57 Å². The van der Waals surface area contributed by atoms with Gasteiger partial charge in [-0.3, -0.25) is 0 Å². The quantitative estimate of drug-likeness (QED) is 0.152. The Bertz CT molecular complexity index is 3820. The predicted octanol–water partition coefficient (Wildman–Crippen LogP) is 17.4. The fourth-order valence-electron chi connectivity index (χ4n) is 11.1. The number of benzene rings is 11. The summed E-state index contributed by atoms with van der Waals surface area (Å²) in [6.45, 7) is 4.72. The number of rotatable bonds is 6. The lowest BCUT2D eigenvalue weighted by Crippen LogP contribution is -2.16. The summed E-state index contributed by atoms with van der Waals surface area (Å²) in [6.07, 6.45) is 0. The summed E-state index contributed by atoms with van der Waals surface area (Å²) in [4.78, 5) is 2.42. The summed E-state index contributed by atoms with van der Waals surface area (Å²) >= 11 is 0. The van der Waals surface area contributed by atoms with Crippen molar-refractivity contribution < 1.29 is 0 Å². The fourth-order valence-corrected chi connectivity index (χ4v) is 11.1. The molecule has 0 bridgehead atoms. The van der Waals surface area contributed by atoms with E-state index in [2.05, 4.69) is 254 Å². The largest absolute Gasteiger partial charge is 0.310 e. The van der Waals surface area contributed by atoms with Crippen molar-refractivity contribution >= 4 is 71.2 Å². The molecule has 0 unspecified atom stereocenters. The Kier molecular flexibility index (Phi) is 8.29. The molecule has 0 fully saturated rings. The van der Waals surface area contributed by atoms with Crippen LogP contribution in [0.2, 0.25) is 0 Å². The molecule has 0 atom stereocenters. The van der Waals surface area contributed by atoms with Crippen LogP contribution in [0.3, 0.4) is 0 Å². The van der Waals surface area contributed by atoms with Crippen molar-refractivity contribution in [2.45, 2.75) is 19.3 Å². The van der Waals surface area contributed by atoms with E-state index in [0.717, 1.165) is 17.1 Å². The molecule has 2 nitrogen and oxygen atoms in total. The average Bonchev–Trinajstić information content (AvgIpc) is 3.83. The highest BCUT2D eigenvalue weighted by molar-refractivity contribution is 6.38. The molecule has 0 radical (unpaired) electrons. The van der Waals surface area contributed by atoms with Crippen LogP contribution in [0.1, 0.15) is 25.0 Å². The zero-order valence-corrected chi connectivity index (χ0v) is 36.3. The SMILES string of the molecule is CC1(C)c2ccccc2-c2ccc(N(c3ccc(-c4ccccc4)cc3)c3ccc(-c4cc5c6ccccc6c6c(c7ccccc7n6-c6ccccc6)c5c5ccccc45)cc3)cc21. The van der Waals surface area contributed by atoms with Crippen molar-refractivity contribution in [1.29, 1.82) is 0 Å². The van der Waals surface area contributed by atoms with Crippen molar-refractivity contribution in [1.82, 2.24) is 4.57 Å². The molecular formula is C63H44N2. The van der Waals surface area contributed by atoms with Crippen molar-refractivity contribution in [3.05, 3.63) is 242 Å². The summed E-state index contributed by atoms with van der Waals surface area (Å²) in [7, 11) is 0. The van der Waals surface area contributed by atoms with Gasteiger partial charge in [0, 0.05) is 49.7 Å². The van der Waals surface area contributed by atoms with Gasteiger partial charge in [-0.1, -0.05) is 184 Å². The third kappa shape index (κ3) is 5.67. The third-order valence-corrected chi connectivity index (χ3v) is 14.2. The number of hydrogen-bond acceptors (Lipinski definition) is 1. The second-order valence-electron chi connectivity index (χ2n) is 18.0. The van der Waals surface area contributed by atoms with Gasteiger partial charge in [-0.2, -0.15) is 0 Å². The minimum atomic E-state index is -0.113. The van der Waals surface area contributed by atoms with E-state index in [9.17, 15) is 0 Å². The molecule has 0 N–H and O–H groups in total. The average molecular weight is 829 g/mol. The van der Waals surface area contributed by atoms with Crippen LogP contribution in [0.5, 0.6) is 0 Å². The Balaban J connectivity index is 1.00. The Morgan fingerprint density at radius 1 is 0.338 bits per heavy atom. The number of nitrogens with zero attached hydrogens (tertiary/aromatic N) is 2. The van der Waals surface area contributed by atoms with E-state index < -0.39 is 0 Å². The highest BCUT2D eigenvalue weighted by atomic mass is 15.1. The molecular weight excluding hydrogens is 785 g/mol. The molecule has 13 rings (SSSR count). The van der Waals surface area contributed by atoms with E-state index in [4.69, 9.17) is 0 Å². The molecule has 0 saturated heterocycles. The summed E-state index contributed by atoms with van der Waals surface area (Å²) in [5, 5.41) is 10.1. The topological polar surface area (TPSA) is 8.17 Å². The Labute approximate surface area is 378 Å². The maximum atomic E-state index is 2.47. The van der Waals surface area contributed by atoms with Gasteiger partial charge in [-0.05, 0) is 127 Å². The summed E-state index contributed by atoms with van der Waals surface area (Å²) in [6, 6.07) is 85.1. The molecule has 1 heterocycles. The van der Waals surface area contributed by atoms with Gasteiger partial charge in [0.25, 0.3) is 0 Å². The van der Waals surface area contributed by atoms with Crippen LogP contribution >= 0.6 is 0 Å². The summed E-state index contributed by atoms with van der Waals surface area (Å²) in [5.41, 5.74) is 17.1. The number of para-hydroxylation sites is 2. The minimum Gasteiger partial charge on any atom is -0.310 e. The maximum absolute atomic E-state index is 2.47. The minimum absolute atomic E-state index is 0.113. The van der Waals surface area contributed by atoms with Crippen LogP contribution in [0.15, 0.2) is 231 Å². The highest BCUT2D eigenvalue weighted by Gasteiger charge is 2.36. The van der Waals surface area contributed by atoms with Gasteiger partial charge < -0.3 is 9.47 Å². The molecule has 0 saturated carbocycles. The molecule has 0 spiro atoms. The van der Waals surface area contributed by atoms with Crippen LogP contribution < -0.4 is 4.90 Å². The lowest BCUT2D eigenvalue weighted by molar-refractivity contribution is 0.660. The first-order chi connectivity index (χ1) is 32.0. The van der Waals surface area contributed by atoms with Crippen LogP contribution in [-0.2, 0) is 5.41 Å². The first-order valence-electron chi connectivity index (χ1n) is 22.7. The van der Waals surface area contributed by atoms with Gasteiger partial charge in [0.2, 0.25) is 0 Å². The normalized spacial score (nSPS) is 12.9. The number of anilines is 3. The van der Waals surface area contributed by atoms with Gasteiger partial charge >= 0.3 is 0 Å². The van der Waals surface area contributed by atoms with Crippen molar-refractivity contribution in [2.24, 2.45) is 0 Å². The molecule has 65 heavy (non-hydrogen) atoms. The van der Waals surface area contributed by atoms with Crippen LogP contribution in [0.4, 0.5) is 17.1 Å². The van der Waals surface area contributed by atoms with Gasteiger partial charge in [-0.15, -0.1) is 0 Å². The van der Waals surface area contributed by atoms with E-state index in [1.807, 2.05) is 0 Å². The van der Waals surface area contributed by atoms with Crippen molar-refractivity contribution in [3.63, 3.8) is 0 Å².